The van der Waals surface area contributed by atoms with E-state index < -0.39 is 0 Å². The first-order valence-corrected chi connectivity index (χ1v) is 9.01. The van der Waals surface area contributed by atoms with Crippen LogP contribution in [0.25, 0.3) is 11.8 Å². The third-order valence-corrected chi connectivity index (χ3v) is 4.76. The first-order chi connectivity index (χ1) is 13.5. The van der Waals surface area contributed by atoms with Crippen LogP contribution in [-0.4, -0.2) is 21.4 Å². The zero-order valence-corrected chi connectivity index (χ0v) is 15.9. The van der Waals surface area contributed by atoms with E-state index in [4.69, 9.17) is 0 Å². The molecule has 0 bridgehead atoms. The number of carbonyl (C=O) groups excluding carboxylic acids is 1. The van der Waals surface area contributed by atoms with Crippen LogP contribution >= 0.6 is 0 Å². The van der Waals surface area contributed by atoms with Crippen LogP contribution < -0.4 is 10.6 Å². The molecule has 4 rings (SSSR count). The van der Waals surface area contributed by atoms with Gasteiger partial charge in [0.2, 0.25) is 0 Å². The molecule has 0 atom stereocenters. The fourth-order valence-corrected chi connectivity index (χ4v) is 3.18. The Balaban J connectivity index is 1.74. The van der Waals surface area contributed by atoms with Crippen molar-refractivity contribution in [3.63, 3.8) is 0 Å². The number of amides is 1. The lowest BCUT2D eigenvalue weighted by Crippen LogP contribution is -2.21. The number of hydrogen-bond acceptors (Lipinski definition) is 3. The third kappa shape index (κ3) is 2.99. The van der Waals surface area contributed by atoms with Gasteiger partial charge in [0.05, 0.1) is 28.2 Å². The van der Waals surface area contributed by atoms with Gasteiger partial charge in [0, 0.05) is 5.69 Å². The number of benzene rings is 2. The van der Waals surface area contributed by atoms with E-state index in [1.54, 1.807) is 13.0 Å². The summed E-state index contributed by atoms with van der Waals surface area (Å²) in [5.41, 5.74) is 4.50. The maximum Gasteiger partial charge on any atom is 0.280 e. The third-order valence-electron chi connectivity index (χ3n) is 4.76. The van der Waals surface area contributed by atoms with E-state index in [2.05, 4.69) is 10.2 Å². The topological polar surface area (TPSA) is 70.5 Å². The van der Waals surface area contributed by atoms with E-state index in [9.17, 15) is 9.59 Å². The van der Waals surface area contributed by atoms with Crippen LogP contribution in [0.5, 0.6) is 0 Å². The highest BCUT2D eigenvalue weighted by Crippen LogP contribution is 2.24. The summed E-state index contributed by atoms with van der Waals surface area (Å²) in [5, 5.41) is 8.82. The van der Waals surface area contributed by atoms with E-state index in [0.717, 1.165) is 11.3 Å². The number of hydrogen-bond donors (Lipinski definition) is 1. The Hall–Kier alpha value is -3.67. The first-order valence-electron chi connectivity index (χ1n) is 9.01. The molecule has 2 aromatic carbocycles. The number of aryl methyl sites for hydroxylation is 2. The number of nitrogens with one attached hydrogen (secondary N) is 1. The monoisotopic (exact) mass is 372 g/mol. The van der Waals surface area contributed by atoms with Gasteiger partial charge < -0.3 is 0 Å². The molecule has 0 fully saturated rings. The molecule has 28 heavy (non-hydrogen) atoms. The van der Waals surface area contributed by atoms with E-state index >= 15 is 0 Å². The summed E-state index contributed by atoms with van der Waals surface area (Å²) in [6, 6.07) is 16.9. The van der Waals surface area contributed by atoms with Gasteiger partial charge in [-0.25, -0.2) is 4.68 Å². The maximum absolute atomic E-state index is 13.0. The Morgan fingerprint density at radius 3 is 2.25 bits per heavy atom. The molecule has 0 spiro atoms. The number of para-hydroxylation sites is 1. The van der Waals surface area contributed by atoms with E-state index in [1.807, 2.05) is 68.4 Å². The first kappa shape index (κ1) is 17.7. The average Bonchev–Trinajstić information content (AvgIpc) is 3.14. The predicted octanol–water partition coefficient (Wildman–Crippen LogP) is 3.59. The Morgan fingerprint density at radius 2 is 1.57 bits per heavy atom. The lowest BCUT2D eigenvalue weighted by molar-refractivity contribution is -0.114. The van der Waals surface area contributed by atoms with E-state index in [0.29, 0.717) is 28.2 Å². The van der Waals surface area contributed by atoms with E-state index in [1.165, 1.54) is 9.69 Å². The van der Waals surface area contributed by atoms with Crippen molar-refractivity contribution < 1.29 is 4.79 Å². The normalized spacial score (nSPS) is 15.4. The molecule has 0 saturated carbocycles. The summed E-state index contributed by atoms with van der Waals surface area (Å²) >= 11 is 0. The van der Waals surface area contributed by atoms with Gasteiger partial charge >= 0.3 is 0 Å². The van der Waals surface area contributed by atoms with Crippen LogP contribution in [0.3, 0.4) is 0 Å². The molecular formula is C22H20N4O2. The van der Waals surface area contributed by atoms with Crippen molar-refractivity contribution >= 4 is 23.4 Å². The zero-order valence-electron chi connectivity index (χ0n) is 15.9. The van der Waals surface area contributed by atoms with Crippen molar-refractivity contribution in [1.82, 2.24) is 9.78 Å². The number of anilines is 1. The molecule has 0 saturated heterocycles. The molecule has 6 nitrogen and oxygen atoms in total. The molecular weight excluding hydrogens is 352 g/mol. The summed E-state index contributed by atoms with van der Waals surface area (Å²) in [6.07, 6.45) is 1.63. The summed E-state index contributed by atoms with van der Waals surface area (Å²) in [6.45, 7) is 5.58. The second-order valence-electron chi connectivity index (χ2n) is 6.82. The highest BCUT2D eigenvalue weighted by atomic mass is 16.2. The lowest BCUT2D eigenvalue weighted by atomic mass is 10.1. The molecule has 2 heterocycles. The number of aromatic amines is 1. The largest absolute Gasteiger partial charge is 0.295 e. The van der Waals surface area contributed by atoms with Crippen molar-refractivity contribution in [2.45, 2.75) is 20.8 Å². The minimum atomic E-state index is -0.245. The van der Waals surface area contributed by atoms with Crippen LogP contribution in [0.4, 0.5) is 5.69 Å². The second kappa shape index (κ2) is 6.81. The van der Waals surface area contributed by atoms with Gasteiger partial charge in [-0.15, -0.1) is 0 Å². The van der Waals surface area contributed by atoms with Crippen LogP contribution in [0, 0.1) is 13.8 Å². The average molecular weight is 372 g/mol. The van der Waals surface area contributed by atoms with Gasteiger partial charge in [0.1, 0.15) is 0 Å². The Labute approximate surface area is 162 Å². The fraction of sp³-hybridized carbons (Fsp3) is 0.136. The second-order valence-corrected chi connectivity index (χ2v) is 6.82. The number of H-pyrrole nitrogens is 1. The highest BCUT2D eigenvalue weighted by Gasteiger charge is 2.29. The molecule has 0 aliphatic carbocycles. The molecule has 1 aliphatic heterocycles. The highest BCUT2D eigenvalue weighted by molar-refractivity contribution is 6.32. The molecule has 3 aromatic rings. The SMILES string of the molecule is CC1=NN(c2ccccc2)C(=O)C1=Cc1c(C)[nH]n(-c2ccc(C)cc2)c1=O. The van der Waals surface area contributed by atoms with Crippen molar-refractivity contribution in [1.29, 1.82) is 0 Å². The molecule has 1 aromatic heterocycles. The number of hydrazone groups is 1. The van der Waals surface area contributed by atoms with Gasteiger partial charge in [0.25, 0.3) is 11.5 Å². The number of carbonyl (C=O) groups is 1. The quantitative estimate of drug-likeness (QED) is 0.714. The molecule has 6 heteroatoms. The summed E-state index contributed by atoms with van der Waals surface area (Å²) in [7, 11) is 0. The smallest absolute Gasteiger partial charge is 0.280 e. The Kier molecular flexibility index (Phi) is 4.31. The van der Waals surface area contributed by atoms with Crippen molar-refractivity contribution in [2.24, 2.45) is 5.10 Å². The van der Waals surface area contributed by atoms with Crippen LogP contribution in [-0.2, 0) is 4.79 Å². The molecule has 140 valence electrons. The maximum atomic E-state index is 13.0. The number of aromatic nitrogens is 2. The predicted molar refractivity (Wildman–Crippen MR) is 111 cm³/mol. The molecule has 1 amide bonds. The van der Waals surface area contributed by atoms with Gasteiger partial charge in [-0.3, -0.25) is 14.7 Å². The Bertz CT molecular complexity index is 1170. The standard InChI is InChI=1S/C22H20N4O2/c1-14-9-11-18(12-10-14)26-22(28)20(16(3)24-26)13-19-15(2)23-25(21(19)27)17-7-5-4-6-8-17/h4-13,24H,1-3H3. The minimum Gasteiger partial charge on any atom is -0.295 e. The summed E-state index contributed by atoms with van der Waals surface area (Å²) in [5.74, 6) is -0.245. The van der Waals surface area contributed by atoms with Gasteiger partial charge in [-0.1, -0.05) is 35.9 Å². The van der Waals surface area contributed by atoms with Crippen molar-refractivity contribution in [3.05, 3.63) is 87.3 Å². The number of rotatable bonds is 3. The van der Waals surface area contributed by atoms with Crippen LogP contribution in [0.1, 0.15) is 23.7 Å². The fourth-order valence-electron chi connectivity index (χ4n) is 3.18. The summed E-state index contributed by atoms with van der Waals surface area (Å²) in [4.78, 5) is 25.8. The van der Waals surface area contributed by atoms with Crippen LogP contribution in [0.2, 0.25) is 0 Å². The zero-order chi connectivity index (χ0) is 19.8. The van der Waals surface area contributed by atoms with E-state index in [-0.39, 0.29) is 11.5 Å². The number of nitrogens with zero attached hydrogens (tertiary/aromatic N) is 3. The minimum absolute atomic E-state index is 0.201. The van der Waals surface area contributed by atoms with Crippen LogP contribution in [0.15, 0.2) is 70.1 Å². The van der Waals surface area contributed by atoms with Gasteiger partial charge in [-0.05, 0) is 51.1 Å². The molecule has 0 unspecified atom stereocenters. The van der Waals surface area contributed by atoms with Gasteiger partial charge in [-0.2, -0.15) is 10.1 Å². The molecule has 0 radical (unpaired) electrons. The summed E-state index contributed by atoms with van der Waals surface area (Å²) < 4.78 is 1.49. The Morgan fingerprint density at radius 1 is 0.893 bits per heavy atom. The van der Waals surface area contributed by atoms with Gasteiger partial charge in [0.15, 0.2) is 0 Å². The van der Waals surface area contributed by atoms with Crippen molar-refractivity contribution in [3.8, 4) is 5.69 Å². The van der Waals surface area contributed by atoms with Crippen molar-refractivity contribution in [2.75, 3.05) is 5.01 Å². The lowest BCUT2D eigenvalue weighted by Gasteiger charge is -2.10. The molecule has 1 N–H and O–H groups in total. The molecule has 1 aliphatic rings.